The first kappa shape index (κ1) is 19.1. The van der Waals surface area contributed by atoms with E-state index in [0.29, 0.717) is 37.3 Å². The first-order valence-corrected chi connectivity index (χ1v) is 10.6. The second-order valence-electron chi connectivity index (χ2n) is 7.14. The van der Waals surface area contributed by atoms with Crippen molar-refractivity contribution in [3.8, 4) is 11.4 Å². The molecule has 5 rings (SSSR count). The highest BCUT2D eigenvalue weighted by Gasteiger charge is 2.40. The zero-order chi connectivity index (χ0) is 20.5. The molecule has 0 saturated carbocycles. The van der Waals surface area contributed by atoms with Gasteiger partial charge in [-0.3, -0.25) is 4.79 Å². The average molecular weight is 425 g/mol. The number of hydrogen-bond donors (Lipinski definition) is 1. The number of nitrogens with one attached hydrogen (secondary N) is 1. The fourth-order valence-electron chi connectivity index (χ4n) is 3.70. The highest BCUT2D eigenvalue weighted by Crippen LogP contribution is 2.39. The molecule has 2 aliphatic heterocycles. The molecule has 9 heteroatoms. The Bertz CT molecular complexity index is 1040. The average Bonchev–Trinajstić information content (AvgIpc) is 3.22. The quantitative estimate of drug-likeness (QED) is 0.696. The van der Waals surface area contributed by atoms with E-state index in [-0.39, 0.29) is 17.8 Å². The van der Waals surface area contributed by atoms with Crippen LogP contribution >= 0.6 is 11.8 Å². The zero-order valence-electron chi connectivity index (χ0n) is 16.1. The topological polar surface area (TPSA) is 72.3 Å². The van der Waals surface area contributed by atoms with Crippen molar-refractivity contribution in [1.82, 2.24) is 19.8 Å². The summed E-state index contributed by atoms with van der Waals surface area (Å²) < 4.78 is 20.7. The molecule has 0 bridgehead atoms. The Hall–Kier alpha value is -2.91. The molecule has 154 valence electrons. The normalized spacial score (nSPS) is 21.0. The van der Waals surface area contributed by atoms with Gasteiger partial charge in [-0.2, -0.15) is 0 Å². The number of ether oxygens (including phenoxy) is 1. The maximum Gasteiger partial charge on any atom is 0.238 e. The van der Waals surface area contributed by atoms with Crippen LogP contribution < -0.4 is 5.43 Å². The van der Waals surface area contributed by atoms with Crippen molar-refractivity contribution < 1.29 is 13.9 Å². The first-order chi connectivity index (χ1) is 14.7. The second-order valence-corrected chi connectivity index (χ2v) is 8.25. The van der Waals surface area contributed by atoms with Crippen LogP contribution in [0.25, 0.3) is 11.4 Å². The van der Waals surface area contributed by atoms with Crippen LogP contribution in [0.4, 0.5) is 4.39 Å². The SMILES string of the molecule is O=C([C@H]1Sc2nnc(-c3ccccc3)n2N[C@@H]1c1ccc(F)cc1)N1CCOCC1. The standard InChI is InChI=1S/C21H20FN5O2S/c22-16-8-6-14(7-9-16)17-18(20(28)26-10-12-29-13-11-26)30-21-24-23-19(27(21)25-17)15-4-2-1-3-5-15/h1-9,17-18,25H,10-13H2/t17-,18+/m1/s1. The summed E-state index contributed by atoms with van der Waals surface area (Å²) in [5.74, 6) is 0.372. The Kier molecular flexibility index (Phi) is 5.14. The Labute approximate surface area is 177 Å². The van der Waals surface area contributed by atoms with Gasteiger partial charge < -0.3 is 15.1 Å². The minimum atomic E-state index is -0.450. The Morgan fingerprint density at radius 2 is 1.80 bits per heavy atom. The number of thioether (sulfide) groups is 1. The van der Waals surface area contributed by atoms with Crippen molar-refractivity contribution in [2.24, 2.45) is 0 Å². The highest BCUT2D eigenvalue weighted by atomic mass is 32.2. The molecule has 0 radical (unpaired) electrons. The smallest absolute Gasteiger partial charge is 0.238 e. The molecular weight excluding hydrogens is 405 g/mol. The van der Waals surface area contributed by atoms with Gasteiger partial charge >= 0.3 is 0 Å². The minimum absolute atomic E-state index is 0.0145. The molecule has 3 aromatic rings. The van der Waals surface area contributed by atoms with Crippen molar-refractivity contribution in [1.29, 1.82) is 0 Å². The molecular formula is C21H20FN5O2S. The third-order valence-corrected chi connectivity index (χ3v) is 6.47. The summed E-state index contributed by atoms with van der Waals surface area (Å²) in [5, 5.41) is 8.83. The van der Waals surface area contributed by atoms with Gasteiger partial charge in [0, 0.05) is 18.7 Å². The lowest BCUT2D eigenvalue weighted by atomic mass is 10.0. The molecule has 0 spiro atoms. The predicted molar refractivity (Wildman–Crippen MR) is 111 cm³/mol. The van der Waals surface area contributed by atoms with Crippen LogP contribution in [-0.2, 0) is 9.53 Å². The summed E-state index contributed by atoms with van der Waals surface area (Å²) >= 11 is 1.38. The Balaban J connectivity index is 1.53. The third-order valence-electron chi connectivity index (χ3n) is 5.26. The number of rotatable bonds is 3. The molecule has 0 unspecified atom stereocenters. The van der Waals surface area contributed by atoms with Crippen LogP contribution in [-0.4, -0.2) is 57.2 Å². The largest absolute Gasteiger partial charge is 0.378 e. The maximum absolute atomic E-state index is 13.5. The molecule has 7 nitrogen and oxygen atoms in total. The van der Waals surface area contributed by atoms with Gasteiger partial charge in [-0.25, -0.2) is 9.07 Å². The summed E-state index contributed by atoms with van der Waals surface area (Å²) in [4.78, 5) is 15.2. The molecule has 30 heavy (non-hydrogen) atoms. The van der Waals surface area contributed by atoms with E-state index in [4.69, 9.17) is 4.74 Å². The monoisotopic (exact) mass is 425 g/mol. The van der Waals surface area contributed by atoms with Gasteiger partial charge in [-0.05, 0) is 17.7 Å². The highest BCUT2D eigenvalue weighted by molar-refractivity contribution is 8.00. The summed E-state index contributed by atoms with van der Waals surface area (Å²) in [6.07, 6.45) is 0. The van der Waals surface area contributed by atoms with Gasteiger partial charge in [-0.1, -0.05) is 54.2 Å². The zero-order valence-corrected chi connectivity index (χ0v) is 16.9. The van der Waals surface area contributed by atoms with Crippen molar-refractivity contribution in [2.75, 3.05) is 31.7 Å². The van der Waals surface area contributed by atoms with Crippen LogP contribution in [0.3, 0.4) is 0 Å². The summed E-state index contributed by atoms with van der Waals surface area (Å²) in [6.45, 7) is 2.19. The van der Waals surface area contributed by atoms with Crippen LogP contribution in [0.1, 0.15) is 11.6 Å². The summed E-state index contributed by atoms with van der Waals surface area (Å²) in [5.41, 5.74) is 5.16. The lowest BCUT2D eigenvalue weighted by molar-refractivity contribution is -0.135. The van der Waals surface area contributed by atoms with Gasteiger partial charge in [0.05, 0.1) is 19.3 Å². The van der Waals surface area contributed by atoms with Gasteiger partial charge in [0.25, 0.3) is 0 Å². The number of amides is 1. The lowest BCUT2D eigenvalue weighted by Gasteiger charge is -2.37. The molecule has 1 aromatic heterocycles. The Morgan fingerprint density at radius 3 is 2.53 bits per heavy atom. The molecule has 1 fully saturated rings. The number of aromatic nitrogens is 3. The second kappa shape index (κ2) is 8.08. The first-order valence-electron chi connectivity index (χ1n) is 9.77. The van der Waals surface area contributed by atoms with E-state index in [9.17, 15) is 9.18 Å². The van der Waals surface area contributed by atoms with Gasteiger partial charge in [0.15, 0.2) is 5.82 Å². The molecule has 2 aliphatic rings. The summed E-state index contributed by atoms with van der Waals surface area (Å²) in [7, 11) is 0. The number of halogens is 1. The minimum Gasteiger partial charge on any atom is -0.378 e. The van der Waals surface area contributed by atoms with E-state index in [1.54, 1.807) is 12.1 Å². The van der Waals surface area contributed by atoms with Crippen LogP contribution in [0, 0.1) is 5.82 Å². The van der Waals surface area contributed by atoms with Crippen molar-refractivity contribution in [3.05, 3.63) is 66.0 Å². The lowest BCUT2D eigenvalue weighted by Crippen LogP contribution is -2.49. The fourth-order valence-corrected chi connectivity index (χ4v) is 4.87. The molecule has 2 atom stereocenters. The van der Waals surface area contributed by atoms with E-state index in [0.717, 1.165) is 11.1 Å². The molecule has 1 saturated heterocycles. The fraction of sp³-hybridized carbons (Fsp3) is 0.286. The van der Waals surface area contributed by atoms with Gasteiger partial charge in [0.2, 0.25) is 11.1 Å². The van der Waals surface area contributed by atoms with Gasteiger partial charge in [-0.15, -0.1) is 10.2 Å². The van der Waals surface area contributed by atoms with Crippen LogP contribution in [0.2, 0.25) is 0 Å². The number of nitrogens with zero attached hydrogens (tertiary/aromatic N) is 4. The number of hydrogen-bond acceptors (Lipinski definition) is 6. The van der Waals surface area contributed by atoms with E-state index in [2.05, 4.69) is 15.6 Å². The number of benzene rings is 2. The van der Waals surface area contributed by atoms with E-state index in [1.807, 2.05) is 39.9 Å². The van der Waals surface area contributed by atoms with E-state index in [1.165, 1.54) is 23.9 Å². The number of carbonyl (C=O) groups is 1. The van der Waals surface area contributed by atoms with Crippen molar-refractivity contribution >= 4 is 17.7 Å². The van der Waals surface area contributed by atoms with E-state index >= 15 is 0 Å². The summed E-state index contributed by atoms with van der Waals surface area (Å²) in [6, 6.07) is 15.6. The molecule has 0 aliphatic carbocycles. The molecule has 3 heterocycles. The van der Waals surface area contributed by atoms with Crippen molar-refractivity contribution in [2.45, 2.75) is 16.4 Å². The molecule has 2 aromatic carbocycles. The van der Waals surface area contributed by atoms with Crippen LogP contribution in [0.15, 0.2) is 59.8 Å². The number of morpholine rings is 1. The van der Waals surface area contributed by atoms with Crippen LogP contribution in [0.5, 0.6) is 0 Å². The van der Waals surface area contributed by atoms with E-state index < -0.39 is 5.25 Å². The third kappa shape index (κ3) is 3.54. The van der Waals surface area contributed by atoms with Crippen molar-refractivity contribution in [3.63, 3.8) is 0 Å². The number of carbonyl (C=O) groups excluding carboxylic acids is 1. The Morgan fingerprint density at radius 1 is 1.07 bits per heavy atom. The number of fused-ring (bicyclic) bond motifs is 1. The molecule has 1 amide bonds. The van der Waals surface area contributed by atoms with Gasteiger partial charge in [0.1, 0.15) is 11.1 Å². The predicted octanol–water partition coefficient (Wildman–Crippen LogP) is 2.70. The maximum atomic E-state index is 13.5. The molecule has 1 N–H and O–H groups in total.